The maximum atomic E-state index is 11.6. The zero-order valence-corrected chi connectivity index (χ0v) is 34.5. The molecule has 0 saturated heterocycles. The van der Waals surface area contributed by atoms with Crippen LogP contribution in [0.25, 0.3) is 0 Å². The highest BCUT2D eigenvalue weighted by atomic mass is 79.9. The molecule has 0 amide bonds. The predicted molar refractivity (Wildman–Crippen MR) is 205 cm³/mol. The van der Waals surface area contributed by atoms with Gasteiger partial charge in [0.05, 0.1) is 0 Å². The second kappa shape index (κ2) is 18.0. The van der Waals surface area contributed by atoms with Crippen LogP contribution in [0, 0.1) is 0 Å². The van der Waals surface area contributed by atoms with Crippen molar-refractivity contribution in [2.45, 2.75) is 64.8 Å². The molecule has 48 heavy (non-hydrogen) atoms. The van der Waals surface area contributed by atoms with Crippen LogP contribution >= 0.6 is 80.8 Å². The molecule has 10 nitrogen and oxygen atoms in total. The molecule has 0 atom stereocenters. The molecular weight excluding hydrogens is 903 g/mol. The average molecular weight is 937 g/mol. The van der Waals surface area contributed by atoms with E-state index in [0.717, 1.165) is 47.6 Å². The van der Waals surface area contributed by atoms with Gasteiger partial charge in [-0.3, -0.25) is 4.79 Å². The molecule has 5 N–H and O–H groups in total. The maximum Gasteiger partial charge on any atom is 0.211 e. The van der Waals surface area contributed by atoms with Crippen molar-refractivity contribution in [1.82, 2.24) is 0 Å². The molecule has 0 unspecified atom stereocenters. The Bertz CT molecular complexity index is 1640. The second-order valence-corrected chi connectivity index (χ2v) is 17.1. The number of amidine groups is 1. The maximum absolute atomic E-state index is 11.6. The van der Waals surface area contributed by atoms with Crippen LogP contribution in [0.15, 0.2) is 78.0 Å². The lowest BCUT2D eigenvalue weighted by Crippen LogP contribution is -2.45. The van der Waals surface area contributed by atoms with Crippen molar-refractivity contribution < 1.29 is 28.4 Å². The molecular formula is C31H34Br3Cl3N4O6S. The third kappa shape index (κ3) is 12.2. The minimum atomic E-state index is -1.67. The predicted octanol–water partition coefficient (Wildman–Crippen LogP) is 9.61. The van der Waals surface area contributed by atoms with Crippen LogP contribution in [0.1, 0.15) is 47.1 Å². The number of Topliss-reactive ketones (excluding diaryl/α,β-unsaturated/α-hetero) is 1. The normalized spacial score (nSPS) is 16.9. The van der Waals surface area contributed by atoms with Gasteiger partial charge in [-0.2, -0.15) is 0 Å². The van der Waals surface area contributed by atoms with Gasteiger partial charge in [-0.25, -0.2) is 20.1 Å². The number of carbonyl (C=O) groups excluding carboxylic acids is 1. The lowest BCUT2D eigenvalue weighted by atomic mass is 9.93. The number of benzene rings is 3. The van der Waals surface area contributed by atoms with Gasteiger partial charge in [0, 0.05) is 46.8 Å². The fraction of sp³-hybridized carbons (Fsp3) is 0.323. The van der Waals surface area contributed by atoms with E-state index in [4.69, 9.17) is 41.0 Å². The molecule has 0 bridgehead atoms. The van der Waals surface area contributed by atoms with Gasteiger partial charge in [-0.05, 0) is 96.1 Å². The van der Waals surface area contributed by atoms with E-state index in [2.05, 4.69) is 85.0 Å². The number of nitrogens with two attached hydrogens (primary N) is 2. The fourth-order valence-corrected chi connectivity index (χ4v) is 5.22. The second-order valence-electron chi connectivity index (χ2n) is 11.5. The minimum absolute atomic E-state index is 0.128. The first-order valence-corrected chi connectivity index (χ1v) is 19.3. The third-order valence-electron chi connectivity index (χ3n) is 6.56. The van der Waals surface area contributed by atoms with Crippen LogP contribution in [-0.4, -0.2) is 43.0 Å². The molecule has 0 aliphatic carbocycles. The Labute approximate surface area is 321 Å². The van der Waals surface area contributed by atoms with E-state index >= 15 is 0 Å². The van der Waals surface area contributed by atoms with E-state index in [1.165, 1.54) is 0 Å². The summed E-state index contributed by atoms with van der Waals surface area (Å²) in [6.07, 6.45) is 0.460. The van der Waals surface area contributed by atoms with Crippen LogP contribution in [-0.2, 0) is 20.4 Å². The quantitative estimate of drug-likeness (QED) is 0.149. The van der Waals surface area contributed by atoms with Crippen LogP contribution in [0.2, 0.25) is 0 Å². The number of nitrogens with zero attached hydrogens (tertiary/aromatic N) is 2. The molecule has 17 heteroatoms. The van der Waals surface area contributed by atoms with Crippen molar-refractivity contribution in [3.8, 4) is 17.2 Å². The van der Waals surface area contributed by atoms with Gasteiger partial charge in [0.25, 0.3) is 0 Å². The van der Waals surface area contributed by atoms with Crippen molar-refractivity contribution in [3.63, 3.8) is 0 Å². The number of ether oxygens (including phenoxy) is 3. The summed E-state index contributed by atoms with van der Waals surface area (Å²) in [5.41, 5.74) is 6.57. The van der Waals surface area contributed by atoms with E-state index in [1.54, 1.807) is 13.8 Å². The number of rotatable bonds is 0. The van der Waals surface area contributed by atoms with Gasteiger partial charge in [0.1, 0.15) is 39.6 Å². The van der Waals surface area contributed by atoms with Crippen molar-refractivity contribution in [1.29, 1.82) is 0 Å². The van der Waals surface area contributed by atoms with E-state index < -0.39 is 26.0 Å². The monoisotopic (exact) mass is 932 g/mol. The van der Waals surface area contributed by atoms with Gasteiger partial charge in [-0.15, -0.1) is 0 Å². The molecule has 3 aromatic carbocycles. The zero-order chi connectivity index (χ0) is 36.6. The number of hydrogen-bond donors (Lipinski definition) is 3. The topological polar surface area (TPSA) is 159 Å². The number of aliphatic imine (C=N–C) groups is 2. The van der Waals surface area contributed by atoms with Gasteiger partial charge in [0.2, 0.25) is 9.23 Å². The van der Waals surface area contributed by atoms with Crippen LogP contribution in [0.3, 0.4) is 0 Å². The minimum Gasteiger partial charge on any atom is -0.480 e. The van der Waals surface area contributed by atoms with Crippen LogP contribution < -0.4 is 25.8 Å². The molecule has 3 aromatic rings. The van der Waals surface area contributed by atoms with Crippen molar-refractivity contribution in [2.24, 2.45) is 21.6 Å². The Balaban J connectivity index is 0.000000231. The molecule has 6 rings (SSSR count). The van der Waals surface area contributed by atoms with Crippen molar-refractivity contribution in [3.05, 3.63) is 73.6 Å². The van der Waals surface area contributed by atoms with Gasteiger partial charge >= 0.3 is 0 Å². The summed E-state index contributed by atoms with van der Waals surface area (Å²) in [6, 6.07) is 17.1. The summed E-state index contributed by atoms with van der Waals surface area (Å²) >= 11 is 16.1. The van der Waals surface area contributed by atoms with E-state index in [9.17, 15) is 4.79 Å². The molecule has 262 valence electrons. The third-order valence-corrected chi connectivity index (χ3v) is 8.57. The number of hydrogen-bond acceptors (Lipinski definition) is 10. The number of ketones is 1. The lowest BCUT2D eigenvalue weighted by molar-refractivity contribution is -0.132. The van der Waals surface area contributed by atoms with Crippen LogP contribution in [0.4, 0.5) is 11.4 Å². The van der Waals surface area contributed by atoms with Gasteiger partial charge in [0.15, 0.2) is 22.6 Å². The standard InChI is InChI=1S/C11H11BrO2.C10H9BrClNO.C10H11BrN2O.Cl2OS.H3NO/c1-11(2)10(13)6-7-5-8(12)3-4-9(7)14-11;2*1-10(2)9(12)13-7-5-6(11)3-4-8(7)14-10;1-4(2)3;1-2/h3-5H,6H2,1-2H3;3-5H,1-2H3;3-5H,1-2H3,(H2,12,13);;2H,1H2. The zero-order valence-electron chi connectivity index (χ0n) is 26.6. The highest BCUT2D eigenvalue weighted by Gasteiger charge is 2.35. The van der Waals surface area contributed by atoms with Gasteiger partial charge in [-0.1, -0.05) is 59.4 Å². The Morgan fingerprint density at radius 1 is 0.729 bits per heavy atom. The smallest absolute Gasteiger partial charge is 0.211 e. The van der Waals surface area contributed by atoms with Crippen molar-refractivity contribution in [2.75, 3.05) is 0 Å². The molecule has 0 fully saturated rings. The lowest BCUT2D eigenvalue weighted by Gasteiger charge is -2.31. The van der Waals surface area contributed by atoms with E-state index in [-0.39, 0.29) is 5.78 Å². The SMILES string of the molecule is CC1(C)Oc2ccc(Br)cc2CC1=O.CC1(C)Oc2ccc(Br)cc2N=C1Cl.CC1(C)Oc2ccc(Br)cc2N=C1N.NO.O=S(Cl)Cl. The average Bonchev–Trinajstić information content (AvgIpc) is 2.97. The molecule has 0 aromatic heterocycles. The Kier molecular flexibility index (Phi) is 15.9. The molecule has 0 radical (unpaired) electrons. The van der Waals surface area contributed by atoms with Crippen LogP contribution in [0.5, 0.6) is 17.2 Å². The van der Waals surface area contributed by atoms with E-state index in [0.29, 0.717) is 17.4 Å². The number of carbonyl (C=O) groups is 1. The summed E-state index contributed by atoms with van der Waals surface area (Å²) in [6.45, 7) is 11.2. The largest absolute Gasteiger partial charge is 0.480 e. The molecule has 0 spiro atoms. The highest BCUT2D eigenvalue weighted by Crippen LogP contribution is 2.39. The van der Waals surface area contributed by atoms with E-state index in [1.807, 2.05) is 82.3 Å². The fourth-order valence-electron chi connectivity index (χ4n) is 3.98. The Morgan fingerprint density at radius 3 is 1.62 bits per heavy atom. The summed E-state index contributed by atoms with van der Waals surface area (Å²) in [4.78, 5) is 20.2. The van der Waals surface area contributed by atoms with Crippen molar-refractivity contribution >= 4 is 118 Å². The summed E-state index contributed by atoms with van der Waals surface area (Å²) < 4.78 is 29.0. The Morgan fingerprint density at radius 2 is 1.12 bits per heavy atom. The molecule has 3 aliphatic heterocycles. The first-order chi connectivity index (χ1) is 22.2. The van der Waals surface area contributed by atoms with Gasteiger partial charge < -0.3 is 25.2 Å². The first-order valence-electron chi connectivity index (χ1n) is 13.8. The summed E-state index contributed by atoms with van der Waals surface area (Å²) in [5, 5.41) is 6.98. The number of fused-ring (bicyclic) bond motifs is 3. The molecule has 3 aliphatic rings. The highest BCUT2D eigenvalue weighted by molar-refractivity contribution is 9.11. The number of halogens is 6. The first kappa shape index (κ1) is 42.4. The molecule has 0 saturated carbocycles. The summed E-state index contributed by atoms with van der Waals surface area (Å²) in [7, 11) is 7.36. The molecule has 3 heterocycles. The Hall–Kier alpha value is -1.75. The summed E-state index contributed by atoms with van der Waals surface area (Å²) in [5.74, 6) is 6.49.